The highest BCUT2D eigenvalue weighted by atomic mass is 15.0. The van der Waals surface area contributed by atoms with E-state index < -0.39 is 0 Å². The van der Waals surface area contributed by atoms with Crippen molar-refractivity contribution in [1.29, 1.82) is 0 Å². The topological polar surface area (TPSA) is 24.1 Å². The summed E-state index contributed by atoms with van der Waals surface area (Å²) in [7, 11) is 0. The molecule has 0 heterocycles. The van der Waals surface area contributed by atoms with Crippen LogP contribution in [0.1, 0.15) is 108 Å². The van der Waals surface area contributed by atoms with E-state index >= 15 is 0 Å². The Morgan fingerprint density at radius 3 is 1.42 bits per heavy atom. The molecule has 2 nitrogen and oxygen atoms in total. The van der Waals surface area contributed by atoms with E-state index in [0.717, 1.165) is 13.0 Å². The normalized spacial score (nSPS) is 12.6. The summed E-state index contributed by atoms with van der Waals surface area (Å²) >= 11 is 0. The third-order valence-corrected chi connectivity index (χ3v) is 6.07. The molecule has 0 spiro atoms. The number of benzene rings is 2. The number of hydrogen-bond donors (Lipinski definition) is 2. The molecule has 2 aromatic carbocycles. The third-order valence-electron chi connectivity index (χ3n) is 6.07. The maximum absolute atomic E-state index is 4.04. The minimum atomic E-state index is 0.273. The molecule has 170 valence electrons. The molecular weight excluding hydrogens is 376 g/mol. The van der Waals surface area contributed by atoms with Gasteiger partial charge in [0.05, 0.1) is 0 Å². The Hall–Kier alpha value is -2.22. The van der Waals surface area contributed by atoms with Crippen molar-refractivity contribution >= 4 is 11.4 Å². The summed E-state index contributed by atoms with van der Waals surface area (Å²) in [5.74, 6) is 1.93. The van der Waals surface area contributed by atoms with Crippen LogP contribution in [-0.4, -0.2) is 12.6 Å². The molecule has 0 aliphatic heterocycles. The lowest BCUT2D eigenvalue weighted by molar-refractivity contribution is 0.744. The number of para-hydroxylation sites is 2. The molecule has 0 aliphatic rings. The molecule has 0 amide bonds. The van der Waals surface area contributed by atoms with Gasteiger partial charge in [-0.15, -0.1) is 6.58 Å². The maximum Gasteiger partial charge on any atom is 0.0468 e. The standard InChI is InChI=1S/C29H44N2/c1-10-13-23(31-29-26(21(6)7)16-12-17-27(29)22(8)9)18-30-28-24(19(2)3)14-11-15-25(28)20(4)5/h10-12,14-17,19-23,30-31H,1,13,18H2,2-9H3. The molecule has 0 aliphatic carbocycles. The van der Waals surface area contributed by atoms with E-state index in [1.807, 2.05) is 6.08 Å². The molecule has 0 fully saturated rings. The number of anilines is 2. The summed E-state index contributed by atoms with van der Waals surface area (Å²) in [6.07, 6.45) is 2.95. The first-order valence-corrected chi connectivity index (χ1v) is 12.0. The Morgan fingerprint density at radius 1 is 0.677 bits per heavy atom. The predicted octanol–water partition coefficient (Wildman–Crippen LogP) is 8.65. The summed E-state index contributed by atoms with van der Waals surface area (Å²) in [6, 6.07) is 13.7. The number of hydrogen-bond acceptors (Lipinski definition) is 2. The molecule has 0 saturated heterocycles. The summed E-state index contributed by atoms with van der Waals surface area (Å²) in [6.45, 7) is 23.1. The molecule has 0 saturated carbocycles. The molecule has 2 rings (SSSR count). The maximum atomic E-state index is 4.04. The smallest absolute Gasteiger partial charge is 0.0468 e. The van der Waals surface area contributed by atoms with Gasteiger partial charge in [-0.1, -0.05) is 97.9 Å². The van der Waals surface area contributed by atoms with Gasteiger partial charge in [0.1, 0.15) is 0 Å². The van der Waals surface area contributed by atoms with Crippen LogP contribution in [-0.2, 0) is 0 Å². The quantitative estimate of drug-likeness (QED) is 0.355. The van der Waals surface area contributed by atoms with Crippen LogP contribution in [0.15, 0.2) is 49.1 Å². The van der Waals surface area contributed by atoms with E-state index in [4.69, 9.17) is 0 Å². The van der Waals surface area contributed by atoms with Gasteiger partial charge in [-0.2, -0.15) is 0 Å². The first kappa shape index (κ1) is 25.0. The molecule has 1 atom stereocenters. The molecule has 2 heteroatoms. The average molecular weight is 421 g/mol. The molecule has 0 radical (unpaired) electrons. The molecular formula is C29H44N2. The van der Waals surface area contributed by atoms with Crippen LogP contribution in [0.25, 0.3) is 0 Å². The van der Waals surface area contributed by atoms with E-state index in [1.165, 1.54) is 33.6 Å². The highest BCUT2D eigenvalue weighted by Gasteiger charge is 2.19. The van der Waals surface area contributed by atoms with Gasteiger partial charge in [0.15, 0.2) is 0 Å². The van der Waals surface area contributed by atoms with Crippen LogP contribution in [0.4, 0.5) is 11.4 Å². The van der Waals surface area contributed by atoms with Gasteiger partial charge >= 0.3 is 0 Å². The first-order chi connectivity index (χ1) is 14.7. The van der Waals surface area contributed by atoms with Crippen molar-refractivity contribution in [2.75, 3.05) is 17.2 Å². The molecule has 31 heavy (non-hydrogen) atoms. The zero-order chi connectivity index (χ0) is 23.1. The van der Waals surface area contributed by atoms with Crippen molar-refractivity contribution in [2.24, 2.45) is 0 Å². The minimum absolute atomic E-state index is 0.273. The van der Waals surface area contributed by atoms with Crippen LogP contribution >= 0.6 is 0 Å². The Bertz CT molecular complexity index is 793. The lowest BCUT2D eigenvalue weighted by Gasteiger charge is -2.28. The van der Waals surface area contributed by atoms with Crippen molar-refractivity contribution in [3.05, 3.63) is 71.3 Å². The first-order valence-electron chi connectivity index (χ1n) is 12.0. The summed E-state index contributed by atoms with van der Waals surface area (Å²) in [5, 5.41) is 7.75. The van der Waals surface area contributed by atoms with Crippen LogP contribution in [0, 0.1) is 0 Å². The van der Waals surface area contributed by atoms with Gasteiger partial charge in [0, 0.05) is 24.0 Å². The Morgan fingerprint density at radius 2 is 1.06 bits per heavy atom. The second-order valence-electron chi connectivity index (χ2n) is 9.99. The minimum Gasteiger partial charge on any atom is -0.383 e. The number of rotatable bonds is 11. The highest BCUT2D eigenvalue weighted by Crippen LogP contribution is 2.34. The molecule has 0 bridgehead atoms. The third kappa shape index (κ3) is 6.38. The lowest BCUT2D eigenvalue weighted by Crippen LogP contribution is -2.29. The monoisotopic (exact) mass is 420 g/mol. The fourth-order valence-electron chi connectivity index (χ4n) is 4.30. The fourth-order valence-corrected chi connectivity index (χ4v) is 4.30. The zero-order valence-corrected chi connectivity index (χ0v) is 21.0. The van der Waals surface area contributed by atoms with Gasteiger partial charge in [0.25, 0.3) is 0 Å². The van der Waals surface area contributed by atoms with Gasteiger partial charge < -0.3 is 10.6 Å². The Kier molecular flexibility index (Phi) is 9.22. The van der Waals surface area contributed by atoms with Crippen molar-refractivity contribution < 1.29 is 0 Å². The van der Waals surface area contributed by atoms with Crippen LogP contribution < -0.4 is 10.6 Å². The summed E-state index contributed by atoms with van der Waals surface area (Å²) in [4.78, 5) is 0. The Labute approximate surface area is 191 Å². The van der Waals surface area contributed by atoms with E-state index in [-0.39, 0.29) is 6.04 Å². The summed E-state index contributed by atoms with van der Waals surface area (Å²) in [5.41, 5.74) is 8.20. The van der Waals surface area contributed by atoms with Crippen molar-refractivity contribution in [3.8, 4) is 0 Å². The van der Waals surface area contributed by atoms with E-state index in [9.17, 15) is 0 Å². The van der Waals surface area contributed by atoms with Gasteiger partial charge in [-0.25, -0.2) is 0 Å². The zero-order valence-electron chi connectivity index (χ0n) is 21.0. The van der Waals surface area contributed by atoms with Crippen molar-refractivity contribution in [3.63, 3.8) is 0 Å². The average Bonchev–Trinajstić information content (AvgIpc) is 2.71. The Balaban J connectivity index is 2.36. The lowest BCUT2D eigenvalue weighted by atomic mass is 9.91. The van der Waals surface area contributed by atoms with Crippen molar-refractivity contribution in [2.45, 2.75) is 91.5 Å². The largest absolute Gasteiger partial charge is 0.383 e. The van der Waals surface area contributed by atoms with Gasteiger partial charge in [0.2, 0.25) is 0 Å². The molecule has 2 N–H and O–H groups in total. The van der Waals surface area contributed by atoms with Crippen LogP contribution in [0.2, 0.25) is 0 Å². The van der Waals surface area contributed by atoms with Gasteiger partial charge in [-0.05, 0) is 52.3 Å². The van der Waals surface area contributed by atoms with E-state index in [1.54, 1.807) is 0 Å². The highest BCUT2D eigenvalue weighted by molar-refractivity contribution is 5.62. The molecule has 2 aromatic rings. The SMILES string of the molecule is C=CCC(CNc1c(C(C)C)cccc1C(C)C)Nc1c(C(C)C)cccc1C(C)C. The fraction of sp³-hybridized carbons (Fsp3) is 0.517. The summed E-state index contributed by atoms with van der Waals surface area (Å²) < 4.78 is 0. The number of nitrogens with one attached hydrogen (secondary N) is 2. The second kappa shape index (κ2) is 11.4. The van der Waals surface area contributed by atoms with Crippen LogP contribution in [0.3, 0.4) is 0 Å². The van der Waals surface area contributed by atoms with E-state index in [2.05, 4.69) is 109 Å². The van der Waals surface area contributed by atoms with E-state index in [0.29, 0.717) is 23.7 Å². The van der Waals surface area contributed by atoms with Gasteiger partial charge in [-0.3, -0.25) is 0 Å². The molecule has 1 unspecified atom stereocenters. The van der Waals surface area contributed by atoms with Crippen molar-refractivity contribution in [1.82, 2.24) is 0 Å². The predicted molar refractivity (Wildman–Crippen MR) is 140 cm³/mol. The second-order valence-corrected chi connectivity index (χ2v) is 9.99. The molecule has 0 aromatic heterocycles. The van der Waals surface area contributed by atoms with Crippen LogP contribution in [0.5, 0.6) is 0 Å².